The maximum atomic E-state index is 13.5. The highest BCUT2D eigenvalue weighted by Gasteiger charge is 2.41. The number of carbonyl (C=O) groups excluding carboxylic acids is 1. The summed E-state index contributed by atoms with van der Waals surface area (Å²) in [5, 5.41) is 16.7. The molecule has 1 aliphatic heterocycles. The predicted molar refractivity (Wildman–Crippen MR) is 129 cm³/mol. The van der Waals surface area contributed by atoms with E-state index in [0.717, 1.165) is 44.1 Å². The van der Waals surface area contributed by atoms with Crippen molar-refractivity contribution in [3.8, 4) is 5.75 Å². The molecule has 3 aromatic rings. The zero-order chi connectivity index (χ0) is 21.2. The lowest BCUT2D eigenvalue weighted by Gasteiger charge is -2.40. The van der Waals surface area contributed by atoms with Crippen molar-refractivity contribution in [3.63, 3.8) is 0 Å². The Kier molecular flexibility index (Phi) is 4.60. The fraction of sp³-hybridized carbons (Fsp3) is 0.240. The molecule has 0 fully saturated rings. The van der Waals surface area contributed by atoms with E-state index in [9.17, 15) is 9.90 Å². The molecular weight excluding hydrogens is 506 g/mol. The molecule has 0 saturated carbocycles. The quantitative estimate of drug-likeness (QED) is 0.347. The number of hydrogen-bond acceptors (Lipinski definition) is 3. The third-order valence-corrected chi connectivity index (χ3v) is 7.17. The minimum atomic E-state index is -0.397. The van der Waals surface area contributed by atoms with Gasteiger partial charge in [0.05, 0.1) is 10.5 Å². The van der Waals surface area contributed by atoms with Crippen molar-refractivity contribution in [1.82, 2.24) is 0 Å². The van der Waals surface area contributed by atoms with Gasteiger partial charge in [-0.25, -0.2) is 0 Å². The van der Waals surface area contributed by atoms with Gasteiger partial charge in [-0.2, -0.15) is 0 Å². The molecule has 3 aromatic carbocycles. The Balaban J connectivity index is 1.83. The molecule has 5 heteroatoms. The third-order valence-electron chi connectivity index (χ3n) is 6.11. The number of rotatable bonds is 1. The smallest absolute Gasteiger partial charge is 0.162 e. The summed E-state index contributed by atoms with van der Waals surface area (Å²) in [6.07, 6.45) is 1.32. The van der Waals surface area contributed by atoms with Crippen LogP contribution in [0.1, 0.15) is 43.9 Å². The van der Waals surface area contributed by atoms with E-state index >= 15 is 0 Å². The molecule has 0 spiro atoms. The van der Waals surface area contributed by atoms with Crippen LogP contribution < -0.4 is 5.32 Å². The van der Waals surface area contributed by atoms with E-state index in [4.69, 9.17) is 0 Å². The molecule has 0 saturated heterocycles. The van der Waals surface area contributed by atoms with E-state index < -0.39 is 6.04 Å². The van der Waals surface area contributed by atoms with Crippen LogP contribution in [0.5, 0.6) is 5.75 Å². The third kappa shape index (κ3) is 3.10. The summed E-state index contributed by atoms with van der Waals surface area (Å²) in [5.41, 5.74) is 4.58. The molecule has 2 N–H and O–H groups in total. The number of Topliss-reactive ketones (excluding diaryl/α,β-unsaturated/α-hetero) is 1. The number of halogens is 2. The topological polar surface area (TPSA) is 49.3 Å². The van der Waals surface area contributed by atoms with Crippen molar-refractivity contribution in [3.05, 3.63) is 74.2 Å². The molecule has 0 aromatic heterocycles. The lowest BCUT2D eigenvalue weighted by atomic mass is 9.68. The second-order valence-electron chi connectivity index (χ2n) is 8.95. The van der Waals surface area contributed by atoms with Crippen molar-refractivity contribution < 1.29 is 9.90 Å². The first-order chi connectivity index (χ1) is 14.2. The Morgan fingerprint density at radius 2 is 1.83 bits per heavy atom. The number of ketones is 1. The largest absolute Gasteiger partial charge is 0.506 e. The van der Waals surface area contributed by atoms with E-state index in [0.29, 0.717) is 16.5 Å². The van der Waals surface area contributed by atoms with Crippen molar-refractivity contribution in [2.75, 3.05) is 5.32 Å². The minimum absolute atomic E-state index is 0.105. The van der Waals surface area contributed by atoms with Crippen LogP contribution in [0.2, 0.25) is 0 Å². The molecule has 2 aliphatic rings. The van der Waals surface area contributed by atoms with Gasteiger partial charge in [-0.15, -0.1) is 0 Å². The van der Waals surface area contributed by atoms with Crippen LogP contribution in [0.3, 0.4) is 0 Å². The molecule has 0 bridgehead atoms. The normalized spacial score (nSPS) is 20.0. The zero-order valence-electron chi connectivity index (χ0n) is 16.7. The number of phenolic OH excluding ortho intramolecular Hbond substituents is 1. The molecule has 1 atom stereocenters. The lowest BCUT2D eigenvalue weighted by molar-refractivity contribution is -0.118. The highest BCUT2D eigenvalue weighted by molar-refractivity contribution is 9.11. The SMILES string of the molecule is CC1(C)CC(=O)C2=C(C1)c1c(ccc3ccccc13)N[C@H]2c1cc(Br)cc(Br)c1O. The fourth-order valence-corrected chi connectivity index (χ4v) is 6.13. The monoisotopic (exact) mass is 525 g/mol. The van der Waals surface area contributed by atoms with Crippen LogP contribution in [0.25, 0.3) is 16.3 Å². The van der Waals surface area contributed by atoms with Gasteiger partial charge in [-0.05, 0) is 62.3 Å². The van der Waals surface area contributed by atoms with Crippen LogP contribution in [0.4, 0.5) is 5.69 Å². The van der Waals surface area contributed by atoms with E-state index in [1.54, 1.807) is 0 Å². The Morgan fingerprint density at radius 3 is 2.63 bits per heavy atom. The number of fused-ring (bicyclic) bond motifs is 4. The van der Waals surface area contributed by atoms with Gasteiger partial charge >= 0.3 is 0 Å². The van der Waals surface area contributed by atoms with Gasteiger partial charge in [0.15, 0.2) is 5.78 Å². The number of allylic oxidation sites excluding steroid dienone is 1. The maximum Gasteiger partial charge on any atom is 0.162 e. The number of phenols is 1. The highest BCUT2D eigenvalue weighted by atomic mass is 79.9. The number of nitrogens with one attached hydrogen (secondary N) is 1. The second-order valence-corrected chi connectivity index (χ2v) is 10.7. The standard InChI is InChI=1S/C25H21Br2NO2/c1-25(2)11-17-21-15-6-4-3-5-13(15)7-8-19(21)28-23(22(17)20(29)12-25)16-9-14(26)10-18(27)24(16)30/h3-10,23,28,30H,11-12H2,1-2H3/t23-/m0/s1. The number of hydrogen-bond donors (Lipinski definition) is 2. The molecule has 0 amide bonds. The maximum absolute atomic E-state index is 13.5. The summed E-state index contributed by atoms with van der Waals surface area (Å²) in [4.78, 5) is 13.5. The van der Waals surface area contributed by atoms with Gasteiger partial charge in [0, 0.05) is 33.3 Å². The average molecular weight is 527 g/mol. The summed E-state index contributed by atoms with van der Waals surface area (Å²) >= 11 is 6.97. The Morgan fingerprint density at radius 1 is 1.07 bits per heavy atom. The van der Waals surface area contributed by atoms with Gasteiger partial charge in [0.1, 0.15) is 5.75 Å². The molecule has 3 nitrogen and oxygen atoms in total. The Labute approximate surface area is 192 Å². The summed E-state index contributed by atoms with van der Waals surface area (Å²) in [6.45, 7) is 4.31. The minimum Gasteiger partial charge on any atom is -0.506 e. The number of carbonyl (C=O) groups is 1. The number of benzene rings is 3. The van der Waals surface area contributed by atoms with Crippen molar-refractivity contribution in [2.24, 2.45) is 5.41 Å². The molecule has 5 rings (SSSR count). The number of aromatic hydroxyl groups is 1. The van der Waals surface area contributed by atoms with Crippen molar-refractivity contribution in [2.45, 2.75) is 32.7 Å². The first-order valence-corrected chi connectivity index (χ1v) is 11.6. The van der Waals surface area contributed by atoms with E-state index in [1.165, 1.54) is 0 Å². The van der Waals surface area contributed by atoms with Gasteiger partial charge in [-0.1, -0.05) is 60.1 Å². The van der Waals surface area contributed by atoms with Crippen LogP contribution >= 0.6 is 31.9 Å². The molecule has 0 radical (unpaired) electrons. The van der Waals surface area contributed by atoms with E-state index in [2.05, 4.69) is 75.3 Å². The molecule has 1 heterocycles. The summed E-state index contributed by atoms with van der Waals surface area (Å²) in [7, 11) is 0. The molecule has 152 valence electrons. The summed E-state index contributed by atoms with van der Waals surface area (Å²) in [5.74, 6) is 0.303. The molecule has 1 aliphatic carbocycles. The van der Waals surface area contributed by atoms with E-state index in [1.807, 2.05) is 24.3 Å². The molecular formula is C25H21Br2NO2. The van der Waals surface area contributed by atoms with Crippen molar-refractivity contribution in [1.29, 1.82) is 0 Å². The summed E-state index contributed by atoms with van der Waals surface area (Å²) in [6, 6.07) is 15.8. The van der Waals surface area contributed by atoms with Gasteiger partial charge in [0.25, 0.3) is 0 Å². The van der Waals surface area contributed by atoms with E-state index in [-0.39, 0.29) is 16.9 Å². The average Bonchev–Trinajstić information content (AvgIpc) is 2.68. The fourth-order valence-electron chi connectivity index (χ4n) is 4.88. The summed E-state index contributed by atoms with van der Waals surface area (Å²) < 4.78 is 1.45. The first kappa shape index (κ1) is 19.8. The van der Waals surface area contributed by atoms with Gasteiger partial charge < -0.3 is 10.4 Å². The van der Waals surface area contributed by atoms with Crippen LogP contribution in [0, 0.1) is 5.41 Å². The Bertz CT molecular complexity index is 1260. The molecule has 30 heavy (non-hydrogen) atoms. The van der Waals surface area contributed by atoms with Crippen LogP contribution in [0.15, 0.2) is 63.0 Å². The Hall–Kier alpha value is -2.11. The lowest BCUT2D eigenvalue weighted by Crippen LogP contribution is -2.33. The highest BCUT2D eigenvalue weighted by Crippen LogP contribution is 2.53. The zero-order valence-corrected chi connectivity index (χ0v) is 19.9. The van der Waals surface area contributed by atoms with Gasteiger partial charge in [0.2, 0.25) is 0 Å². The molecule has 0 unspecified atom stereocenters. The van der Waals surface area contributed by atoms with Crippen LogP contribution in [-0.2, 0) is 4.79 Å². The first-order valence-electron chi connectivity index (χ1n) is 9.98. The second kappa shape index (κ2) is 6.96. The number of anilines is 1. The van der Waals surface area contributed by atoms with Crippen LogP contribution in [-0.4, -0.2) is 10.9 Å². The predicted octanol–water partition coefficient (Wildman–Crippen LogP) is 7.38. The van der Waals surface area contributed by atoms with Gasteiger partial charge in [-0.3, -0.25) is 4.79 Å². The van der Waals surface area contributed by atoms with Crippen molar-refractivity contribution >= 4 is 59.7 Å².